The smallest absolute Gasteiger partial charge is 0.134 e. The molecule has 1 aliphatic heterocycles. The fourth-order valence-corrected chi connectivity index (χ4v) is 0.110. The van der Waals surface area contributed by atoms with Gasteiger partial charge in [-0.25, -0.2) is 0 Å². The maximum atomic E-state index is 7.83. The molecule has 24 valence electrons. The van der Waals surface area contributed by atoms with Gasteiger partial charge in [-0.2, -0.15) is 5.26 Å². The molecule has 1 rings (SSSR count). The lowest BCUT2D eigenvalue weighted by molar-refractivity contribution is 1.55. The number of hydrogen-bond acceptors (Lipinski definition) is 2. The van der Waals surface area contributed by atoms with E-state index in [0.717, 1.165) is 0 Å². The summed E-state index contributed by atoms with van der Waals surface area (Å²) in [7, 11) is 0. The molecule has 0 fully saturated rings. The van der Waals surface area contributed by atoms with Crippen LogP contribution in [0.1, 0.15) is 0 Å². The first-order valence-corrected chi connectivity index (χ1v) is 1.37. The van der Waals surface area contributed by atoms with E-state index in [1.165, 1.54) is 0 Å². The second-order valence-electron chi connectivity index (χ2n) is 0.875. The minimum absolute atomic E-state index is 0.685. The zero-order valence-corrected chi connectivity index (χ0v) is 2.60. The molecule has 0 aromatic heterocycles. The summed E-state index contributed by atoms with van der Waals surface area (Å²) in [5.74, 6) is 0. The normalized spacial score (nSPS) is 16.2. The van der Waals surface area contributed by atoms with E-state index in [1.54, 1.807) is 0 Å². The summed E-state index contributed by atoms with van der Waals surface area (Å²) in [6, 6.07) is 1.89. The highest BCUT2D eigenvalue weighted by Crippen LogP contribution is 1.90. The molecule has 0 N–H and O–H groups in total. The van der Waals surface area contributed by atoms with Crippen LogP contribution in [0.15, 0.2) is 4.99 Å². The zero-order valence-electron chi connectivity index (χ0n) is 2.60. The van der Waals surface area contributed by atoms with Gasteiger partial charge in [-0.05, 0) is 0 Å². The van der Waals surface area contributed by atoms with Crippen LogP contribution in [0.2, 0.25) is 0 Å². The Morgan fingerprint density at radius 2 is 2.60 bits per heavy atom. The minimum atomic E-state index is 0.685. The van der Waals surface area contributed by atoms with E-state index < -0.39 is 0 Å². The Morgan fingerprint density at radius 3 is 2.60 bits per heavy atom. The van der Waals surface area contributed by atoms with Crippen LogP contribution in [-0.2, 0) is 0 Å². The van der Waals surface area contributed by atoms with Crippen molar-refractivity contribution < 1.29 is 0 Å². The van der Waals surface area contributed by atoms with Crippen LogP contribution in [-0.4, -0.2) is 12.3 Å². The van der Waals surface area contributed by atoms with Crippen molar-refractivity contribution in [2.45, 2.75) is 0 Å². The summed E-state index contributed by atoms with van der Waals surface area (Å²) >= 11 is 0. The van der Waals surface area contributed by atoms with Crippen LogP contribution in [0.3, 0.4) is 0 Å². The Balaban J connectivity index is 2.59. The van der Waals surface area contributed by atoms with Gasteiger partial charge < -0.3 is 0 Å². The van der Waals surface area contributed by atoms with Crippen molar-refractivity contribution in [3.8, 4) is 6.07 Å². The summed E-state index contributed by atoms with van der Waals surface area (Å²) in [6.45, 7) is 0.691. The summed E-state index contributed by atoms with van der Waals surface area (Å²) in [4.78, 5) is 3.58. The largest absolute Gasteiger partial charge is 0.269 e. The lowest BCUT2D eigenvalue weighted by Gasteiger charge is -1.37. The van der Waals surface area contributed by atoms with E-state index in [-0.39, 0.29) is 0 Å². The van der Waals surface area contributed by atoms with Crippen LogP contribution in [0.4, 0.5) is 0 Å². The lowest BCUT2D eigenvalue weighted by Crippen LogP contribution is -1.65. The third-order valence-electron chi connectivity index (χ3n) is 0.445. The van der Waals surface area contributed by atoms with Gasteiger partial charge in [0.1, 0.15) is 11.8 Å². The van der Waals surface area contributed by atoms with Gasteiger partial charge in [0, 0.05) is 0 Å². The van der Waals surface area contributed by atoms with Gasteiger partial charge in [0.15, 0.2) is 0 Å². The summed E-state index contributed by atoms with van der Waals surface area (Å²) in [6.07, 6.45) is 0. The molecule has 2 nitrogen and oxygen atoms in total. The maximum Gasteiger partial charge on any atom is 0.134 e. The van der Waals surface area contributed by atoms with E-state index in [2.05, 4.69) is 4.99 Å². The standard InChI is InChI=1S/C3H2N2/c4-1-3-2-5-3/h2H2. The Bertz CT molecular complexity index is 107. The van der Waals surface area contributed by atoms with Crippen molar-refractivity contribution >= 4 is 5.71 Å². The molecule has 0 spiro atoms. The Labute approximate surface area is 29.8 Å². The average Bonchev–Trinajstić information content (AvgIpc) is 2.12. The van der Waals surface area contributed by atoms with Crippen molar-refractivity contribution in [1.82, 2.24) is 0 Å². The fraction of sp³-hybridized carbons (Fsp3) is 0.333. The van der Waals surface area contributed by atoms with Crippen LogP contribution >= 0.6 is 0 Å². The van der Waals surface area contributed by atoms with Crippen LogP contribution in [0, 0.1) is 11.3 Å². The van der Waals surface area contributed by atoms with E-state index in [0.29, 0.717) is 12.3 Å². The van der Waals surface area contributed by atoms with Crippen molar-refractivity contribution in [3.63, 3.8) is 0 Å². The summed E-state index contributed by atoms with van der Waals surface area (Å²) in [5, 5.41) is 7.83. The monoisotopic (exact) mass is 66.0 g/mol. The van der Waals surface area contributed by atoms with Gasteiger partial charge in [-0.15, -0.1) is 0 Å². The predicted octanol–water partition coefficient (Wildman–Crippen LogP) is -0.0354. The highest BCUT2D eigenvalue weighted by Gasteiger charge is 2.04. The van der Waals surface area contributed by atoms with E-state index >= 15 is 0 Å². The Hall–Kier alpha value is -0.840. The molecule has 2 heteroatoms. The molecule has 0 aliphatic carbocycles. The molecule has 0 radical (unpaired) electrons. The highest BCUT2D eigenvalue weighted by atomic mass is 14.9. The van der Waals surface area contributed by atoms with Crippen molar-refractivity contribution in [3.05, 3.63) is 0 Å². The highest BCUT2D eigenvalue weighted by molar-refractivity contribution is 6.08. The van der Waals surface area contributed by atoms with Gasteiger partial charge in [0.25, 0.3) is 0 Å². The molecule has 0 aromatic rings. The first-order chi connectivity index (χ1) is 2.43. The molecule has 0 amide bonds. The summed E-state index contributed by atoms with van der Waals surface area (Å²) in [5.41, 5.74) is 0.685. The molecule has 0 aromatic carbocycles. The first-order valence-electron chi connectivity index (χ1n) is 1.37. The van der Waals surface area contributed by atoms with Gasteiger partial charge >= 0.3 is 0 Å². The van der Waals surface area contributed by atoms with Crippen LogP contribution in [0.5, 0.6) is 0 Å². The second kappa shape index (κ2) is 0.554. The predicted molar refractivity (Wildman–Crippen MR) is 17.9 cm³/mol. The zero-order chi connectivity index (χ0) is 3.70. The molecule has 0 saturated heterocycles. The lowest BCUT2D eigenvalue weighted by atomic mass is 10.6. The van der Waals surface area contributed by atoms with Crippen molar-refractivity contribution in [2.75, 3.05) is 6.54 Å². The van der Waals surface area contributed by atoms with Crippen molar-refractivity contribution in [2.24, 2.45) is 4.99 Å². The quantitative estimate of drug-likeness (QED) is 0.391. The van der Waals surface area contributed by atoms with Gasteiger partial charge in [-0.3, -0.25) is 4.99 Å². The molecule has 0 saturated carbocycles. The molecule has 0 bridgehead atoms. The molecular formula is C3H2N2. The molecule has 0 atom stereocenters. The molecule has 1 heterocycles. The Morgan fingerprint density at radius 1 is 2.00 bits per heavy atom. The van der Waals surface area contributed by atoms with E-state index in [9.17, 15) is 0 Å². The number of aliphatic imine (C=N–C) groups is 1. The van der Waals surface area contributed by atoms with Crippen LogP contribution < -0.4 is 0 Å². The fourth-order valence-electron chi connectivity index (χ4n) is 0.110. The Kier molecular flexibility index (Phi) is 0.266. The average molecular weight is 66.1 g/mol. The minimum Gasteiger partial charge on any atom is -0.269 e. The van der Waals surface area contributed by atoms with Gasteiger partial charge in [0.05, 0.1) is 6.54 Å². The third-order valence-corrected chi connectivity index (χ3v) is 0.445. The number of hydrogen-bond donors (Lipinski definition) is 0. The first kappa shape index (κ1) is 2.40. The van der Waals surface area contributed by atoms with E-state index in [1.807, 2.05) is 6.07 Å². The second-order valence-corrected chi connectivity index (χ2v) is 0.875. The number of nitrogens with zero attached hydrogens (tertiary/aromatic N) is 2. The van der Waals surface area contributed by atoms with Crippen LogP contribution in [0.25, 0.3) is 0 Å². The number of rotatable bonds is 0. The third kappa shape index (κ3) is 0.246. The molecule has 0 unspecified atom stereocenters. The molecular weight excluding hydrogens is 64.0 g/mol. The topological polar surface area (TPSA) is 36.1 Å². The van der Waals surface area contributed by atoms with Gasteiger partial charge in [-0.1, -0.05) is 0 Å². The molecule has 5 heavy (non-hydrogen) atoms. The summed E-state index contributed by atoms with van der Waals surface area (Å²) < 4.78 is 0. The molecule has 1 aliphatic rings. The maximum absolute atomic E-state index is 7.83. The number of nitriles is 1. The van der Waals surface area contributed by atoms with Gasteiger partial charge in [0.2, 0.25) is 0 Å². The SMILES string of the molecule is N#CC1=NC1. The van der Waals surface area contributed by atoms with Crippen molar-refractivity contribution in [1.29, 1.82) is 5.26 Å². The van der Waals surface area contributed by atoms with E-state index in [4.69, 9.17) is 5.26 Å².